The molecule has 1 saturated heterocycles. The number of nitrogens with zero attached hydrogens (tertiary/aromatic N) is 2. The van der Waals surface area contributed by atoms with Crippen molar-refractivity contribution in [1.29, 1.82) is 5.26 Å². The third-order valence-electron chi connectivity index (χ3n) is 6.53. The van der Waals surface area contributed by atoms with E-state index in [1.54, 1.807) is 18.2 Å². The molecule has 1 fully saturated rings. The molecule has 8 nitrogen and oxygen atoms in total. The summed E-state index contributed by atoms with van der Waals surface area (Å²) in [6.45, 7) is 2.32. The maximum atomic E-state index is 12.9. The van der Waals surface area contributed by atoms with Crippen molar-refractivity contribution in [2.75, 3.05) is 30.4 Å². The Bertz CT molecular complexity index is 1650. The molecule has 204 valence electrons. The molecule has 1 amide bonds. The number of anilines is 3. The molecule has 3 N–H and O–H groups in total. The molecular formula is C33H29N5O3. The molecular weight excluding hydrogens is 514 g/mol. The van der Waals surface area contributed by atoms with Gasteiger partial charge in [0.1, 0.15) is 17.9 Å². The van der Waals surface area contributed by atoms with Crippen LogP contribution in [0.4, 0.5) is 17.1 Å². The first-order valence-corrected chi connectivity index (χ1v) is 13.3. The lowest BCUT2D eigenvalue weighted by atomic mass is 10.1. The van der Waals surface area contributed by atoms with Crippen molar-refractivity contribution in [3.63, 3.8) is 0 Å². The first-order valence-electron chi connectivity index (χ1n) is 13.3. The minimum atomic E-state index is -0.306. The van der Waals surface area contributed by atoms with Gasteiger partial charge in [0.05, 0.1) is 35.7 Å². The van der Waals surface area contributed by atoms with Crippen LogP contribution < -0.4 is 20.7 Å². The molecule has 0 radical (unpaired) electrons. The highest BCUT2D eigenvalue weighted by atomic mass is 16.5. The number of amides is 1. The van der Waals surface area contributed by atoms with Crippen molar-refractivity contribution < 1.29 is 14.3 Å². The fraction of sp³-hybridized carbons (Fsp3) is 0.182. The molecule has 1 aliphatic rings. The van der Waals surface area contributed by atoms with Gasteiger partial charge < -0.3 is 25.4 Å². The van der Waals surface area contributed by atoms with Gasteiger partial charge in [-0.25, -0.2) is 0 Å². The normalized spacial score (nSPS) is 14.4. The van der Waals surface area contributed by atoms with E-state index in [-0.39, 0.29) is 12.0 Å². The Labute approximate surface area is 239 Å². The average molecular weight is 544 g/mol. The van der Waals surface area contributed by atoms with Gasteiger partial charge in [-0.1, -0.05) is 48.4 Å². The van der Waals surface area contributed by atoms with Crippen LogP contribution in [0.5, 0.6) is 5.75 Å². The van der Waals surface area contributed by atoms with E-state index in [0.29, 0.717) is 65.5 Å². The molecule has 0 unspecified atom stereocenters. The first-order chi connectivity index (χ1) is 20.1. The molecule has 1 atom stereocenters. The average Bonchev–Trinajstić information content (AvgIpc) is 3.51. The zero-order valence-corrected chi connectivity index (χ0v) is 22.4. The van der Waals surface area contributed by atoms with Crippen molar-refractivity contribution in [3.8, 4) is 24.2 Å². The summed E-state index contributed by atoms with van der Waals surface area (Å²) in [6.07, 6.45) is 11.0. The van der Waals surface area contributed by atoms with E-state index in [9.17, 15) is 10.1 Å². The van der Waals surface area contributed by atoms with Crippen molar-refractivity contribution in [2.45, 2.75) is 19.1 Å². The third-order valence-corrected chi connectivity index (χ3v) is 6.53. The molecule has 0 bridgehead atoms. The summed E-state index contributed by atoms with van der Waals surface area (Å²) in [5, 5.41) is 20.1. The summed E-state index contributed by atoms with van der Waals surface area (Å²) in [4.78, 5) is 17.4. The number of aromatic nitrogens is 1. The molecule has 2 heterocycles. The molecule has 41 heavy (non-hydrogen) atoms. The number of hydrogen-bond donors (Lipinski definition) is 3. The van der Waals surface area contributed by atoms with Crippen LogP contribution in [-0.4, -0.2) is 36.8 Å². The smallest absolute Gasteiger partial charge is 0.248 e. The predicted molar refractivity (Wildman–Crippen MR) is 160 cm³/mol. The number of carbonyl (C=O) groups excluding carboxylic acids is 1. The van der Waals surface area contributed by atoms with Gasteiger partial charge in [-0.15, -0.1) is 6.42 Å². The summed E-state index contributed by atoms with van der Waals surface area (Å²) in [5.41, 5.74) is 4.58. The monoisotopic (exact) mass is 543 g/mol. The summed E-state index contributed by atoms with van der Waals surface area (Å²) in [5.74, 6) is 2.80. The van der Waals surface area contributed by atoms with E-state index in [1.165, 1.54) is 17.8 Å². The molecule has 1 aliphatic heterocycles. The molecule has 0 spiro atoms. The van der Waals surface area contributed by atoms with Crippen LogP contribution in [0.25, 0.3) is 10.9 Å². The Morgan fingerprint density at radius 2 is 2.05 bits per heavy atom. The van der Waals surface area contributed by atoms with Crippen LogP contribution >= 0.6 is 0 Å². The zero-order valence-electron chi connectivity index (χ0n) is 22.4. The van der Waals surface area contributed by atoms with E-state index in [1.807, 2.05) is 54.6 Å². The minimum Gasteiger partial charge on any atom is -0.486 e. The number of rotatable bonds is 10. The van der Waals surface area contributed by atoms with Crippen LogP contribution in [-0.2, 0) is 16.1 Å². The molecule has 0 saturated carbocycles. The Kier molecular flexibility index (Phi) is 8.88. The van der Waals surface area contributed by atoms with Gasteiger partial charge in [0.15, 0.2) is 0 Å². The van der Waals surface area contributed by atoms with E-state index >= 15 is 0 Å². The largest absolute Gasteiger partial charge is 0.486 e. The molecule has 3 aromatic carbocycles. The lowest BCUT2D eigenvalue weighted by Gasteiger charge is -2.18. The Balaban J connectivity index is 1.41. The SMILES string of the molecule is C#Cc1cccc(Nc2c(C#N)cnc3cc(O[C@H]4CCOC4)c(NC(=O)C=CCNCc4ccccc4)cc23)c1. The standard InChI is InChI=1S/C33H29N5O3/c1-2-23-10-6-11-26(16-23)37-33-25(19-34)21-36-29-18-31(41-27-13-15-40-22-27)30(17-28(29)33)38-32(39)12-7-14-35-20-24-8-4-3-5-9-24/h1,3-12,16-18,21,27,35H,13-15,20,22H2,(H,36,37)(H,38,39)/t27-/m0/s1. The van der Waals surface area contributed by atoms with Gasteiger partial charge in [0, 0.05) is 54.5 Å². The fourth-order valence-corrected chi connectivity index (χ4v) is 4.49. The lowest BCUT2D eigenvalue weighted by molar-refractivity contribution is -0.111. The first kappa shape index (κ1) is 27.4. The molecule has 5 rings (SSSR count). The number of terminal acetylenes is 1. The number of ether oxygens (including phenoxy) is 2. The molecule has 8 heteroatoms. The second kappa shape index (κ2) is 13.3. The van der Waals surface area contributed by atoms with E-state index in [2.05, 4.69) is 32.9 Å². The van der Waals surface area contributed by atoms with Crippen molar-refractivity contribution in [2.24, 2.45) is 0 Å². The number of fused-ring (bicyclic) bond motifs is 1. The van der Waals surface area contributed by atoms with Crippen molar-refractivity contribution >= 4 is 33.9 Å². The fourth-order valence-electron chi connectivity index (χ4n) is 4.49. The van der Waals surface area contributed by atoms with Gasteiger partial charge in [-0.3, -0.25) is 9.78 Å². The predicted octanol–water partition coefficient (Wildman–Crippen LogP) is 5.28. The highest BCUT2D eigenvalue weighted by Crippen LogP contribution is 2.37. The number of pyridine rings is 1. The third kappa shape index (κ3) is 7.09. The van der Waals surface area contributed by atoms with Gasteiger partial charge >= 0.3 is 0 Å². The Morgan fingerprint density at radius 3 is 2.83 bits per heavy atom. The van der Waals surface area contributed by atoms with Crippen LogP contribution in [0.1, 0.15) is 23.1 Å². The van der Waals surface area contributed by atoms with Gasteiger partial charge in [-0.05, 0) is 29.8 Å². The number of benzene rings is 3. The maximum absolute atomic E-state index is 12.9. The highest BCUT2D eigenvalue weighted by molar-refractivity contribution is 6.04. The highest BCUT2D eigenvalue weighted by Gasteiger charge is 2.21. The number of carbonyl (C=O) groups is 1. The quantitative estimate of drug-likeness (QED) is 0.142. The van der Waals surface area contributed by atoms with Gasteiger partial charge in [0.25, 0.3) is 0 Å². The number of nitrogens with one attached hydrogen (secondary N) is 3. The zero-order chi connectivity index (χ0) is 28.4. The molecule has 4 aromatic rings. The van der Waals surface area contributed by atoms with Crippen molar-refractivity contribution in [3.05, 3.63) is 102 Å². The second-order valence-electron chi connectivity index (χ2n) is 9.49. The Hall–Kier alpha value is -5.15. The van der Waals surface area contributed by atoms with Gasteiger partial charge in [0.2, 0.25) is 5.91 Å². The number of hydrogen-bond acceptors (Lipinski definition) is 7. The summed E-state index contributed by atoms with van der Waals surface area (Å²) < 4.78 is 11.7. The Morgan fingerprint density at radius 1 is 1.17 bits per heavy atom. The minimum absolute atomic E-state index is 0.136. The summed E-state index contributed by atoms with van der Waals surface area (Å²) in [6, 6.07) is 23.2. The maximum Gasteiger partial charge on any atom is 0.248 e. The van der Waals surface area contributed by atoms with E-state index in [4.69, 9.17) is 15.9 Å². The van der Waals surface area contributed by atoms with E-state index < -0.39 is 0 Å². The van der Waals surface area contributed by atoms with Crippen LogP contribution in [0.2, 0.25) is 0 Å². The molecule has 0 aliphatic carbocycles. The topological polar surface area (TPSA) is 108 Å². The van der Waals surface area contributed by atoms with Crippen LogP contribution in [0.3, 0.4) is 0 Å². The number of nitriles is 1. The van der Waals surface area contributed by atoms with Crippen molar-refractivity contribution in [1.82, 2.24) is 10.3 Å². The summed E-state index contributed by atoms with van der Waals surface area (Å²) in [7, 11) is 0. The lowest BCUT2D eigenvalue weighted by Crippen LogP contribution is -2.18. The van der Waals surface area contributed by atoms with Gasteiger partial charge in [-0.2, -0.15) is 5.26 Å². The second-order valence-corrected chi connectivity index (χ2v) is 9.49. The van der Waals surface area contributed by atoms with Crippen LogP contribution in [0, 0.1) is 23.7 Å². The van der Waals surface area contributed by atoms with Crippen LogP contribution in [0.15, 0.2) is 85.1 Å². The molecule has 1 aromatic heterocycles. The summed E-state index contributed by atoms with van der Waals surface area (Å²) >= 11 is 0. The van der Waals surface area contributed by atoms with E-state index in [0.717, 1.165) is 12.1 Å².